The molecule has 0 aliphatic carbocycles. The average molecular weight is 264 g/mol. The molecule has 1 aromatic carbocycles. The van der Waals surface area contributed by atoms with Gasteiger partial charge in [-0.05, 0) is 44.0 Å². The van der Waals surface area contributed by atoms with Gasteiger partial charge >= 0.3 is 5.97 Å². The summed E-state index contributed by atoms with van der Waals surface area (Å²) < 4.78 is 5.18. The largest absolute Gasteiger partial charge is 0.462 e. The molecule has 0 unspecified atom stereocenters. The van der Waals surface area contributed by atoms with Crippen molar-refractivity contribution in [1.29, 1.82) is 0 Å². The Hall–Kier alpha value is -1.55. The summed E-state index contributed by atoms with van der Waals surface area (Å²) in [4.78, 5) is 11.8. The molecule has 0 bridgehead atoms. The number of rotatable bonds is 9. The number of carbonyl (C=O) groups is 1. The van der Waals surface area contributed by atoms with E-state index >= 15 is 0 Å². The maximum absolute atomic E-state index is 11.8. The standard InChI is InChI=1S/C15H24N2O2/c1-2-3-11-19-15(18)13-7-6-8-14(12-13)17-10-5-4-9-16/h6-8,12,17H,2-5,9-11,16H2,1H3. The quantitative estimate of drug-likeness (QED) is 0.532. The highest BCUT2D eigenvalue weighted by atomic mass is 16.5. The van der Waals surface area contributed by atoms with Crippen molar-refractivity contribution in [2.45, 2.75) is 32.6 Å². The van der Waals surface area contributed by atoms with Crippen molar-refractivity contribution in [1.82, 2.24) is 0 Å². The topological polar surface area (TPSA) is 64.3 Å². The molecule has 0 aromatic heterocycles. The van der Waals surface area contributed by atoms with Crippen LogP contribution in [0.4, 0.5) is 5.69 Å². The zero-order valence-corrected chi connectivity index (χ0v) is 11.7. The third-order valence-electron chi connectivity index (χ3n) is 2.79. The van der Waals surface area contributed by atoms with Crippen molar-refractivity contribution < 1.29 is 9.53 Å². The number of nitrogens with one attached hydrogen (secondary N) is 1. The fraction of sp³-hybridized carbons (Fsp3) is 0.533. The molecule has 0 saturated heterocycles. The van der Waals surface area contributed by atoms with Crippen LogP contribution in [-0.4, -0.2) is 25.7 Å². The summed E-state index contributed by atoms with van der Waals surface area (Å²) in [6.45, 7) is 4.14. The van der Waals surface area contributed by atoms with Gasteiger partial charge in [0.2, 0.25) is 0 Å². The van der Waals surface area contributed by atoms with Crippen LogP contribution in [0.1, 0.15) is 43.0 Å². The number of esters is 1. The van der Waals surface area contributed by atoms with Gasteiger partial charge in [0.15, 0.2) is 0 Å². The molecular formula is C15H24N2O2. The van der Waals surface area contributed by atoms with Gasteiger partial charge in [-0.1, -0.05) is 19.4 Å². The van der Waals surface area contributed by atoms with Gasteiger partial charge in [-0.2, -0.15) is 0 Å². The van der Waals surface area contributed by atoms with Gasteiger partial charge in [-0.25, -0.2) is 4.79 Å². The lowest BCUT2D eigenvalue weighted by Gasteiger charge is -2.08. The lowest BCUT2D eigenvalue weighted by atomic mass is 10.2. The van der Waals surface area contributed by atoms with Crippen molar-refractivity contribution in [3.05, 3.63) is 29.8 Å². The maximum atomic E-state index is 11.8. The summed E-state index contributed by atoms with van der Waals surface area (Å²) in [5, 5.41) is 3.28. The minimum absolute atomic E-state index is 0.251. The fourth-order valence-electron chi connectivity index (χ4n) is 1.65. The number of unbranched alkanes of at least 4 members (excludes halogenated alkanes) is 2. The lowest BCUT2D eigenvalue weighted by Crippen LogP contribution is -2.08. The normalized spacial score (nSPS) is 10.2. The molecule has 0 aliphatic rings. The van der Waals surface area contributed by atoms with Gasteiger partial charge in [0.25, 0.3) is 0 Å². The van der Waals surface area contributed by atoms with Gasteiger partial charge in [0.1, 0.15) is 0 Å². The number of anilines is 1. The predicted molar refractivity (Wildman–Crippen MR) is 78.4 cm³/mol. The van der Waals surface area contributed by atoms with Crippen LogP contribution in [0, 0.1) is 0 Å². The molecule has 19 heavy (non-hydrogen) atoms. The molecule has 3 N–H and O–H groups in total. The first-order chi connectivity index (χ1) is 9.27. The summed E-state index contributed by atoms with van der Waals surface area (Å²) in [6.07, 6.45) is 3.96. The number of hydrogen-bond donors (Lipinski definition) is 2. The van der Waals surface area contributed by atoms with Gasteiger partial charge in [0, 0.05) is 12.2 Å². The van der Waals surface area contributed by atoms with E-state index in [9.17, 15) is 4.79 Å². The van der Waals surface area contributed by atoms with Crippen molar-refractivity contribution >= 4 is 11.7 Å². The number of hydrogen-bond acceptors (Lipinski definition) is 4. The van der Waals surface area contributed by atoms with E-state index in [2.05, 4.69) is 12.2 Å². The average Bonchev–Trinajstić information content (AvgIpc) is 2.44. The molecule has 4 heteroatoms. The molecule has 106 valence electrons. The van der Waals surface area contributed by atoms with Crippen molar-refractivity contribution in [2.75, 3.05) is 25.0 Å². The van der Waals surface area contributed by atoms with Crippen LogP contribution >= 0.6 is 0 Å². The van der Waals surface area contributed by atoms with Crippen molar-refractivity contribution in [2.24, 2.45) is 5.73 Å². The summed E-state index contributed by atoms with van der Waals surface area (Å²) in [5.74, 6) is -0.251. The van der Waals surface area contributed by atoms with Crippen LogP contribution in [-0.2, 0) is 4.74 Å². The first kappa shape index (κ1) is 15.5. The summed E-state index contributed by atoms with van der Waals surface area (Å²) in [6, 6.07) is 7.42. The van der Waals surface area contributed by atoms with E-state index in [1.807, 2.05) is 18.2 Å². The molecule has 1 rings (SSSR count). The second-order valence-corrected chi connectivity index (χ2v) is 4.49. The maximum Gasteiger partial charge on any atom is 0.338 e. The van der Waals surface area contributed by atoms with E-state index in [4.69, 9.17) is 10.5 Å². The summed E-state index contributed by atoms with van der Waals surface area (Å²) in [7, 11) is 0. The van der Waals surface area contributed by atoms with E-state index in [-0.39, 0.29) is 5.97 Å². The van der Waals surface area contributed by atoms with Gasteiger partial charge in [-0.15, -0.1) is 0 Å². The Balaban J connectivity index is 2.44. The molecule has 0 spiro atoms. The monoisotopic (exact) mass is 264 g/mol. The van der Waals surface area contributed by atoms with Crippen LogP contribution in [0.15, 0.2) is 24.3 Å². The second-order valence-electron chi connectivity index (χ2n) is 4.49. The Morgan fingerprint density at radius 2 is 2.16 bits per heavy atom. The van der Waals surface area contributed by atoms with Gasteiger partial charge in [0.05, 0.1) is 12.2 Å². The predicted octanol–water partition coefficient (Wildman–Crippen LogP) is 2.79. The van der Waals surface area contributed by atoms with E-state index in [1.165, 1.54) is 0 Å². The Morgan fingerprint density at radius 1 is 1.32 bits per heavy atom. The molecule has 0 heterocycles. The molecule has 0 aliphatic heterocycles. The zero-order valence-electron chi connectivity index (χ0n) is 11.7. The lowest BCUT2D eigenvalue weighted by molar-refractivity contribution is 0.0500. The number of ether oxygens (including phenoxy) is 1. The van der Waals surface area contributed by atoms with Gasteiger partial charge < -0.3 is 15.8 Å². The highest BCUT2D eigenvalue weighted by molar-refractivity contribution is 5.90. The molecule has 0 radical (unpaired) electrons. The number of nitrogens with two attached hydrogens (primary N) is 1. The van der Waals surface area contributed by atoms with E-state index in [0.29, 0.717) is 18.7 Å². The number of carbonyl (C=O) groups excluding carboxylic acids is 1. The molecule has 0 amide bonds. The van der Waals surface area contributed by atoms with Crippen LogP contribution in [0.5, 0.6) is 0 Å². The van der Waals surface area contributed by atoms with E-state index in [0.717, 1.165) is 37.9 Å². The summed E-state index contributed by atoms with van der Waals surface area (Å²) in [5.41, 5.74) is 6.98. The molecule has 0 atom stereocenters. The van der Waals surface area contributed by atoms with Gasteiger partial charge in [-0.3, -0.25) is 0 Å². The van der Waals surface area contributed by atoms with Crippen molar-refractivity contribution in [3.8, 4) is 0 Å². The highest BCUT2D eigenvalue weighted by Gasteiger charge is 2.07. The highest BCUT2D eigenvalue weighted by Crippen LogP contribution is 2.12. The van der Waals surface area contributed by atoms with Crippen LogP contribution in [0.3, 0.4) is 0 Å². The first-order valence-corrected chi connectivity index (χ1v) is 6.99. The Morgan fingerprint density at radius 3 is 2.89 bits per heavy atom. The van der Waals surface area contributed by atoms with Crippen LogP contribution < -0.4 is 11.1 Å². The SMILES string of the molecule is CCCCOC(=O)c1cccc(NCCCCN)c1. The zero-order chi connectivity index (χ0) is 13.9. The molecule has 1 aromatic rings. The molecule has 0 saturated carbocycles. The second kappa shape index (κ2) is 9.39. The van der Waals surface area contributed by atoms with E-state index in [1.54, 1.807) is 6.07 Å². The van der Waals surface area contributed by atoms with E-state index < -0.39 is 0 Å². The van der Waals surface area contributed by atoms with Crippen molar-refractivity contribution in [3.63, 3.8) is 0 Å². The molecular weight excluding hydrogens is 240 g/mol. The molecule has 0 fully saturated rings. The minimum Gasteiger partial charge on any atom is -0.462 e. The minimum atomic E-state index is -0.251. The first-order valence-electron chi connectivity index (χ1n) is 6.99. The van der Waals surface area contributed by atoms with Crippen LogP contribution in [0.25, 0.3) is 0 Å². The third-order valence-corrected chi connectivity index (χ3v) is 2.79. The Bertz CT molecular complexity index is 380. The molecule has 4 nitrogen and oxygen atoms in total. The number of benzene rings is 1. The summed E-state index contributed by atoms with van der Waals surface area (Å²) >= 11 is 0. The smallest absolute Gasteiger partial charge is 0.338 e. The Kier molecular flexibility index (Phi) is 7.66. The third kappa shape index (κ3) is 6.25. The Labute approximate surface area is 115 Å². The fourth-order valence-corrected chi connectivity index (χ4v) is 1.65. The van der Waals surface area contributed by atoms with Crippen LogP contribution in [0.2, 0.25) is 0 Å².